The Kier molecular flexibility index (Phi) is 13.4. The number of ketones is 1. The molecule has 0 spiro atoms. The fourth-order valence-electron chi connectivity index (χ4n) is 7.19. The highest BCUT2D eigenvalue weighted by atomic mass is 32.2. The first-order chi connectivity index (χ1) is 25.1. The van der Waals surface area contributed by atoms with Crippen LogP contribution in [0.25, 0.3) is 10.4 Å². The third-order valence-corrected chi connectivity index (χ3v) is 12.5. The van der Waals surface area contributed by atoms with E-state index in [4.69, 9.17) is 5.53 Å². The third kappa shape index (κ3) is 10.2. The van der Waals surface area contributed by atoms with E-state index in [0.29, 0.717) is 74.1 Å². The number of carbonyl (C=O) groups is 1. The second kappa shape index (κ2) is 16.9. The molecule has 18 heteroatoms. The maximum absolute atomic E-state index is 12.4. The van der Waals surface area contributed by atoms with E-state index in [1.54, 1.807) is 12.1 Å². The van der Waals surface area contributed by atoms with Gasteiger partial charge in [0, 0.05) is 71.8 Å². The van der Waals surface area contributed by atoms with E-state index < -0.39 is 46.9 Å². The molecule has 4 rings (SSSR count). The molecule has 0 fully saturated rings. The summed E-state index contributed by atoms with van der Waals surface area (Å²) in [4.78, 5) is 16.3. The van der Waals surface area contributed by atoms with Crippen LogP contribution in [0.15, 0.2) is 75.2 Å². The molecule has 0 atom stereocenters. The number of azide groups is 1. The van der Waals surface area contributed by atoms with Gasteiger partial charge in [0.05, 0.1) is 21.0 Å². The summed E-state index contributed by atoms with van der Waals surface area (Å²) < 4.78 is 104. The number of hydrogen-bond acceptors (Lipinski definition) is 10. The molecule has 0 bridgehead atoms. The van der Waals surface area contributed by atoms with Crippen molar-refractivity contribution >= 4 is 53.2 Å². The van der Waals surface area contributed by atoms with Gasteiger partial charge in [-0.25, -0.2) is 8.42 Å². The van der Waals surface area contributed by atoms with Crippen LogP contribution in [0, 0.1) is 0 Å². The fourth-order valence-corrected chi connectivity index (χ4v) is 8.68. The Morgan fingerprint density at radius 2 is 1.54 bits per heavy atom. The van der Waals surface area contributed by atoms with Gasteiger partial charge in [-0.3, -0.25) is 13.9 Å². The number of unbranched alkanes of at least 4 members (excludes halogenated alkanes) is 3. The van der Waals surface area contributed by atoms with Crippen molar-refractivity contribution in [1.82, 2.24) is 0 Å². The van der Waals surface area contributed by atoms with Gasteiger partial charge in [0.2, 0.25) is 5.69 Å². The summed E-state index contributed by atoms with van der Waals surface area (Å²) in [5.74, 6) is -0.338. The predicted molar refractivity (Wildman–Crippen MR) is 203 cm³/mol. The van der Waals surface area contributed by atoms with Crippen molar-refractivity contribution in [3.05, 3.63) is 81.9 Å². The van der Waals surface area contributed by atoms with Crippen molar-refractivity contribution in [3.8, 4) is 0 Å². The molecule has 2 aromatic rings. The van der Waals surface area contributed by atoms with E-state index in [0.717, 1.165) is 17.8 Å². The van der Waals surface area contributed by atoms with Gasteiger partial charge >= 0.3 is 0 Å². The second-order valence-electron chi connectivity index (χ2n) is 14.5. The van der Waals surface area contributed by atoms with Crippen molar-refractivity contribution in [2.75, 3.05) is 30.3 Å². The summed E-state index contributed by atoms with van der Waals surface area (Å²) in [6, 6.07) is 8.54. The number of carbonyl (C=O) groups excluding carboxylic acids is 1. The Labute approximate surface area is 317 Å². The van der Waals surface area contributed by atoms with E-state index in [9.17, 15) is 43.7 Å². The zero-order chi connectivity index (χ0) is 40.1. The minimum absolute atomic E-state index is 0.0664. The molecule has 0 amide bonds. The van der Waals surface area contributed by atoms with Crippen LogP contribution in [-0.4, -0.2) is 80.4 Å². The predicted octanol–water partition coefficient (Wildman–Crippen LogP) is 6.34. The Bertz CT molecular complexity index is 2260. The zero-order valence-corrected chi connectivity index (χ0v) is 33.3. The number of Topliss-reactive ketones (excluding diaryl/α,β-unsaturated/α-hetero) is 1. The van der Waals surface area contributed by atoms with Crippen LogP contribution in [0.4, 0.5) is 11.4 Å². The largest absolute Gasteiger partial charge is 0.744 e. The van der Waals surface area contributed by atoms with Gasteiger partial charge in [-0.2, -0.15) is 21.4 Å². The lowest BCUT2D eigenvalue weighted by Crippen LogP contribution is -2.29. The minimum atomic E-state index is -4.73. The van der Waals surface area contributed by atoms with Gasteiger partial charge in [-0.05, 0) is 93.5 Å². The topological polar surface area (TPSA) is 238 Å². The average Bonchev–Trinajstić information content (AvgIpc) is 3.41. The first kappa shape index (κ1) is 42.8. The molecule has 2 heterocycles. The lowest BCUT2D eigenvalue weighted by Gasteiger charge is -2.27. The molecule has 0 radical (unpaired) electrons. The van der Waals surface area contributed by atoms with Crippen LogP contribution >= 0.6 is 0 Å². The first-order valence-corrected chi connectivity index (χ1v) is 22.1. The van der Waals surface area contributed by atoms with Crippen LogP contribution in [-0.2, 0) is 46.0 Å². The Hall–Kier alpha value is -3.90. The number of benzene rings is 2. The van der Waals surface area contributed by atoms with Crippen LogP contribution < -0.4 is 4.90 Å². The van der Waals surface area contributed by atoms with Crippen molar-refractivity contribution in [2.24, 2.45) is 5.11 Å². The number of nitrogens with zero attached hydrogens (tertiary/aromatic N) is 5. The van der Waals surface area contributed by atoms with Crippen molar-refractivity contribution < 1.29 is 48.3 Å². The minimum Gasteiger partial charge on any atom is -0.744 e. The quantitative estimate of drug-likeness (QED) is 0.0397. The number of rotatable bonds is 19. The standard InChI is InChI=1S/C36H47N5O10S3/c1-35(2)29-24-27(53(46,47)48)16-18-31(29)40(21-9-5-6-12-26(42)13-7-8-20-38-39-37)33(35)14-10-15-34-36(3,4)30-25-28(54(49,50)51)17-19-32(30)41(34)22-11-23-52(43,44)45/h10,14-19,24-25H,5-9,11-13,20-23H2,1-4H3,(H2-,43,44,45,46,47,48,49,50,51). The molecule has 54 heavy (non-hydrogen) atoms. The maximum Gasteiger partial charge on any atom is 0.294 e. The van der Waals surface area contributed by atoms with Gasteiger partial charge < -0.3 is 9.45 Å². The SMILES string of the molecule is CC1(C)C(/C=C/C=C2\N(CCCS(=O)(=O)O)c3ccc(S(=O)(=O)O)cc3C2(C)C)=[N+](CCCCCC(=O)CCCCN=[N+]=[N-])c2ccc(S(=O)(=O)[O-])cc21. The lowest BCUT2D eigenvalue weighted by molar-refractivity contribution is -0.438. The highest BCUT2D eigenvalue weighted by Gasteiger charge is 2.45. The van der Waals surface area contributed by atoms with Crippen LogP contribution in [0.5, 0.6) is 0 Å². The summed E-state index contributed by atoms with van der Waals surface area (Å²) in [7, 11) is -13.5. The molecule has 2 N–H and O–H groups in total. The van der Waals surface area contributed by atoms with Gasteiger partial charge in [-0.15, -0.1) is 0 Å². The smallest absolute Gasteiger partial charge is 0.294 e. The van der Waals surface area contributed by atoms with Gasteiger partial charge in [-0.1, -0.05) is 25.0 Å². The molecular weight excluding hydrogens is 759 g/mol. The Balaban J connectivity index is 1.66. The first-order valence-electron chi connectivity index (χ1n) is 17.6. The summed E-state index contributed by atoms with van der Waals surface area (Å²) in [5.41, 5.74) is 10.9. The van der Waals surface area contributed by atoms with Crippen LogP contribution in [0.2, 0.25) is 0 Å². The molecule has 0 aliphatic carbocycles. The summed E-state index contributed by atoms with van der Waals surface area (Å²) in [5, 5.41) is 3.48. The monoisotopic (exact) mass is 805 g/mol. The molecular formula is C36H47N5O10S3. The molecule has 294 valence electrons. The number of anilines is 1. The molecule has 0 saturated heterocycles. The highest BCUT2D eigenvalue weighted by Crippen LogP contribution is 2.49. The molecule has 0 unspecified atom stereocenters. The lowest BCUT2D eigenvalue weighted by atomic mass is 9.81. The molecule has 2 aromatic carbocycles. The summed E-state index contributed by atoms with van der Waals surface area (Å²) in [6.07, 6.45) is 9.92. The highest BCUT2D eigenvalue weighted by molar-refractivity contribution is 7.86. The van der Waals surface area contributed by atoms with E-state index >= 15 is 0 Å². The second-order valence-corrected chi connectivity index (χ2v) is 18.9. The van der Waals surface area contributed by atoms with Gasteiger partial charge in [0.25, 0.3) is 20.2 Å². The number of allylic oxidation sites excluding steroid dienone is 4. The van der Waals surface area contributed by atoms with Crippen LogP contribution in [0.1, 0.15) is 90.2 Å². The van der Waals surface area contributed by atoms with E-state index in [-0.39, 0.29) is 28.5 Å². The normalized spacial score (nSPS) is 17.2. The number of fused-ring (bicyclic) bond motifs is 2. The van der Waals surface area contributed by atoms with Gasteiger partial charge in [0.1, 0.15) is 22.4 Å². The summed E-state index contributed by atoms with van der Waals surface area (Å²) >= 11 is 0. The van der Waals surface area contributed by atoms with Crippen LogP contribution in [0.3, 0.4) is 0 Å². The van der Waals surface area contributed by atoms with E-state index in [1.165, 1.54) is 24.3 Å². The maximum atomic E-state index is 12.4. The zero-order valence-electron chi connectivity index (χ0n) is 30.8. The molecule has 0 aromatic heterocycles. The molecule has 2 aliphatic heterocycles. The van der Waals surface area contributed by atoms with Gasteiger partial charge in [0.15, 0.2) is 5.71 Å². The average molecular weight is 806 g/mol. The Morgan fingerprint density at radius 1 is 0.889 bits per heavy atom. The Morgan fingerprint density at radius 3 is 2.17 bits per heavy atom. The van der Waals surface area contributed by atoms with Crippen molar-refractivity contribution in [3.63, 3.8) is 0 Å². The third-order valence-electron chi connectivity index (χ3n) is 9.97. The van der Waals surface area contributed by atoms with Crippen molar-refractivity contribution in [2.45, 2.75) is 99.7 Å². The van der Waals surface area contributed by atoms with E-state index in [1.807, 2.05) is 50.8 Å². The van der Waals surface area contributed by atoms with E-state index in [2.05, 4.69) is 14.6 Å². The molecule has 0 saturated carbocycles. The molecule has 15 nitrogen and oxygen atoms in total. The van der Waals surface area contributed by atoms with Crippen molar-refractivity contribution in [1.29, 1.82) is 0 Å². The summed E-state index contributed by atoms with van der Waals surface area (Å²) in [6.45, 7) is 8.66. The fraction of sp³-hybridized carbons (Fsp3) is 0.500. The molecule has 2 aliphatic rings. The number of hydrogen-bond donors (Lipinski definition) is 2.